The van der Waals surface area contributed by atoms with Crippen LogP contribution in [0.25, 0.3) is 0 Å². The van der Waals surface area contributed by atoms with Crippen molar-refractivity contribution < 1.29 is 27.9 Å². The van der Waals surface area contributed by atoms with Gasteiger partial charge in [-0.25, -0.2) is 13.2 Å². The summed E-state index contributed by atoms with van der Waals surface area (Å²) in [6.07, 6.45) is 4.01. The molecular formula is C28H33ClF3N3O3. The zero-order valence-corrected chi connectivity index (χ0v) is 22.5. The van der Waals surface area contributed by atoms with Crippen LogP contribution < -0.4 is 16.0 Å². The van der Waals surface area contributed by atoms with Gasteiger partial charge in [0.2, 0.25) is 11.8 Å². The molecule has 1 saturated carbocycles. The first-order valence-corrected chi connectivity index (χ1v) is 13.3. The molecule has 4 aliphatic rings. The number of hydrogen-bond donors (Lipinski definition) is 4. The number of benzene rings is 1. The van der Waals surface area contributed by atoms with Gasteiger partial charge in [-0.05, 0) is 49.3 Å². The van der Waals surface area contributed by atoms with Gasteiger partial charge in [0, 0.05) is 35.7 Å². The molecule has 2 amide bonds. The Labute approximate surface area is 225 Å². The van der Waals surface area contributed by atoms with Gasteiger partial charge in [0.25, 0.3) is 0 Å². The first kappa shape index (κ1) is 27.2. The molecular weight excluding hydrogens is 519 g/mol. The largest absolute Gasteiger partial charge is 0.390 e. The summed E-state index contributed by atoms with van der Waals surface area (Å²) in [5, 5.41) is 19.0. The number of rotatable bonds is 4. The quantitative estimate of drug-likeness (QED) is 0.451. The van der Waals surface area contributed by atoms with Crippen LogP contribution in [0, 0.1) is 28.9 Å². The zero-order chi connectivity index (χ0) is 27.8. The summed E-state index contributed by atoms with van der Waals surface area (Å²) in [7, 11) is 0. The first-order valence-electron chi connectivity index (χ1n) is 12.9. The Hall–Kier alpha value is -2.36. The molecule has 6 atom stereocenters. The molecule has 4 N–H and O–H groups in total. The molecule has 206 valence electrons. The van der Waals surface area contributed by atoms with Gasteiger partial charge in [0.05, 0.1) is 22.1 Å². The lowest BCUT2D eigenvalue weighted by atomic mass is 9.59. The monoisotopic (exact) mass is 551 g/mol. The molecule has 6 nitrogen and oxygen atoms in total. The third-order valence-electron chi connectivity index (χ3n) is 8.37. The maximum Gasteiger partial charge on any atom is 0.237 e. The molecule has 5 rings (SSSR count). The molecule has 10 heteroatoms. The number of nitrogens with one attached hydrogen (secondary N) is 3. The van der Waals surface area contributed by atoms with Gasteiger partial charge in [-0.2, -0.15) is 0 Å². The Morgan fingerprint density at radius 3 is 2.53 bits per heavy atom. The molecule has 1 aromatic rings. The molecule has 0 bridgehead atoms. The highest BCUT2D eigenvalue weighted by molar-refractivity contribution is 6.30. The maximum absolute atomic E-state index is 15.8. The molecule has 38 heavy (non-hydrogen) atoms. The predicted molar refractivity (Wildman–Crippen MR) is 138 cm³/mol. The lowest BCUT2D eigenvalue weighted by Crippen LogP contribution is -2.58. The number of alkyl halides is 1. The van der Waals surface area contributed by atoms with E-state index in [0.29, 0.717) is 19.3 Å². The molecule has 2 unspecified atom stereocenters. The summed E-state index contributed by atoms with van der Waals surface area (Å²) >= 11 is 6.21. The molecule has 0 radical (unpaired) electrons. The highest BCUT2D eigenvalue weighted by Gasteiger charge is 2.68. The van der Waals surface area contributed by atoms with E-state index in [-0.39, 0.29) is 27.7 Å². The first-order chi connectivity index (χ1) is 17.6. The highest BCUT2D eigenvalue weighted by atomic mass is 35.5. The molecule has 1 aromatic carbocycles. The van der Waals surface area contributed by atoms with Crippen molar-refractivity contribution in [1.82, 2.24) is 10.6 Å². The molecule has 2 fully saturated rings. The normalized spacial score (nSPS) is 38.0. The fraction of sp³-hybridized carbons (Fsp3) is 0.571. The van der Waals surface area contributed by atoms with Gasteiger partial charge in [-0.15, -0.1) is 0 Å². The van der Waals surface area contributed by atoms with Gasteiger partial charge in [0.1, 0.15) is 6.17 Å². The number of carbonyl (C=O) groups is 2. The van der Waals surface area contributed by atoms with E-state index in [1.54, 1.807) is 19.1 Å². The van der Waals surface area contributed by atoms with Crippen molar-refractivity contribution in [3.05, 3.63) is 52.6 Å². The molecule has 1 spiro atoms. The number of fused-ring (bicyclic) bond motifs is 2. The van der Waals surface area contributed by atoms with Crippen LogP contribution in [0.1, 0.15) is 52.5 Å². The van der Waals surface area contributed by atoms with Crippen molar-refractivity contribution in [2.24, 2.45) is 17.3 Å². The number of allylic oxidation sites excluding steroid dienone is 4. The average molecular weight is 552 g/mol. The van der Waals surface area contributed by atoms with Crippen LogP contribution in [-0.2, 0) is 15.0 Å². The topological polar surface area (TPSA) is 90.5 Å². The van der Waals surface area contributed by atoms with E-state index in [0.717, 1.165) is 12.1 Å². The molecule has 2 heterocycles. The number of anilines is 1. The van der Waals surface area contributed by atoms with Gasteiger partial charge >= 0.3 is 0 Å². The number of amides is 2. The lowest BCUT2D eigenvalue weighted by Gasteiger charge is -2.43. The fourth-order valence-corrected chi connectivity index (χ4v) is 7.13. The van der Waals surface area contributed by atoms with E-state index >= 15 is 4.39 Å². The third-order valence-corrected chi connectivity index (χ3v) is 8.70. The number of hydrogen-bond acceptors (Lipinski definition) is 4. The second-order valence-corrected chi connectivity index (χ2v) is 13.1. The predicted octanol–water partition coefficient (Wildman–Crippen LogP) is 4.22. The van der Waals surface area contributed by atoms with Crippen LogP contribution >= 0.6 is 11.6 Å². The summed E-state index contributed by atoms with van der Waals surface area (Å²) in [4.78, 5) is 27.8. The Morgan fingerprint density at radius 2 is 1.89 bits per heavy atom. The number of halogens is 4. The molecule has 1 saturated heterocycles. The lowest BCUT2D eigenvalue weighted by molar-refractivity contribution is -0.129. The van der Waals surface area contributed by atoms with Crippen molar-refractivity contribution in [1.29, 1.82) is 0 Å². The van der Waals surface area contributed by atoms with E-state index < -0.39 is 64.6 Å². The minimum Gasteiger partial charge on any atom is -0.390 e. The summed E-state index contributed by atoms with van der Waals surface area (Å²) in [5.74, 6) is -5.26. The second-order valence-electron chi connectivity index (χ2n) is 12.6. The van der Waals surface area contributed by atoms with Crippen molar-refractivity contribution in [3.63, 3.8) is 0 Å². The summed E-state index contributed by atoms with van der Waals surface area (Å²) in [5.41, 5.74) is -2.51. The number of carbonyl (C=O) groups excluding carboxylic acids is 2. The minimum atomic E-state index is -1.71. The van der Waals surface area contributed by atoms with Crippen LogP contribution in [0.4, 0.5) is 18.9 Å². The summed E-state index contributed by atoms with van der Waals surface area (Å²) < 4.78 is 44.8. The van der Waals surface area contributed by atoms with E-state index in [4.69, 9.17) is 11.6 Å². The van der Waals surface area contributed by atoms with Crippen LogP contribution in [0.3, 0.4) is 0 Å². The van der Waals surface area contributed by atoms with Crippen LogP contribution in [0.5, 0.6) is 0 Å². The van der Waals surface area contributed by atoms with Gasteiger partial charge in [0.15, 0.2) is 11.6 Å². The van der Waals surface area contributed by atoms with Gasteiger partial charge in [-0.1, -0.05) is 44.5 Å². The van der Waals surface area contributed by atoms with Gasteiger partial charge < -0.3 is 21.1 Å². The Kier molecular flexibility index (Phi) is 6.52. The maximum atomic E-state index is 15.8. The standard InChI is InChI=1S/C28H33ClF3N3O3/c1-26(2,3)12-20-28(15-8-17(30)18(31)9-19(15)34-25(28)37)21(14-6-5-7-16(29)22(14)32)23(35-20)24(36)33-13-10-27(4,38)11-13/h5-9,13-14,20-23,35,38H,10-12H2,1-4H3,(H,33,36)(H,34,37)/t13?,14?,20-,21+,22?,23-,27?,28+/m1/s1. The zero-order valence-electron chi connectivity index (χ0n) is 21.7. The number of aliphatic hydroxyl groups is 1. The summed E-state index contributed by atoms with van der Waals surface area (Å²) in [6, 6.07) is -0.103. The third kappa shape index (κ3) is 4.36. The van der Waals surface area contributed by atoms with Crippen molar-refractivity contribution in [2.75, 3.05) is 5.32 Å². The summed E-state index contributed by atoms with van der Waals surface area (Å²) in [6.45, 7) is 7.60. The fourth-order valence-electron chi connectivity index (χ4n) is 6.91. The Morgan fingerprint density at radius 1 is 1.24 bits per heavy atom. The van der Waals surface area contributed by atoms with Crippen molar-refractivity contribution >= 4 is 29.1 Å². The second kappa shape index (κ2) is 9.10. The van der Waals surface area contributed by atoms with E-state index in [9.17, 15) is 23.5 Å². The Bertz CT molecular complexity index is 1240. The minimum absolute atomic E-state index is 0.0648. The SMILES string of the molecule is CC(C)(C)C[C@H]1N[C@@H](C(=O)NC2CC(C)(O)C2)[C@H](C2C=CC=C(Cl)C2F)[C@@]12C(=O)Nc1cc(F)c(F)cc12. The van der Waals surface area contributed by atoms with Crippen LogP contribution in [0.15, 0.2) is 35.4 Å². The van der Waals surface area contributed by atoms with E-state index in [1.807, 2.05) is 20.8 Å². The van der Waals surface area contributed by atoms with E-state index in [2.05, 4.69) is 16.0 Å². The molecule has 0 aromatic heterocycles. The average Bonchev–Trinajstić information content (AvgIpc) is 3.24. The van der Waals surface area contributed by atoms with Crippen LogP contribution in [0.2, 0.25) is 0 Å². The van der Waals surface area contributed by atoms with Crippen LogP contribution in [-0.4, -0.2) is 46.8 Å². The van der Waals surface area contributed by atoms with Crippen molar-refractivity contribution in [3.8, 4) is 0 Å². The highest BCUT2D eigenvalue weighted by Crippen LogP contribution is 2.57. The molecule has 2 aliphatic heterocycles. The van der Waals surface area contributed by atoms with E-state index in [1.165, 1.54) is 6.08 Å². The molecule has 2 aliphatic carbocycles. The van der Waals surface area contributed by atoms with Gasteiger partial charge in [-0.3, -0.25) is 9.59 Å². The Balaban J connectivity index is 1.66. The van der Waals surface area contributed by atoms with Crippen molar-refractivity contribution in [2.45, 2.75) is 82.3 Å². The smallest absolute Gasteiger partial charge is 0.237 e.